The van der Waals surface area contributed by atoms with Gasteiger partial charge in [-0.05, 0) is 49.5 Å². The normalized spacial score (nSPS) is 24.2. The molecule has 3 aliphatic heterocycles. The number of esters is 1. The van der Waals surface area contributed by atoms with Crippen molar-refractivity contribution < 1.29 is 19.4 Å². The molecule has 7 heteroatoms. The van der Waals surface area contributed by atoms with Gasteiger partial charge in [0.05, 0.1) is 6.61 Å². The zero-order chi connectivity index (χ0) is 20.2. The van der Waals surface area contributed by atoms with Crippen LogP contribution in [-0.2, 0) is 16.1 Å². The van der Waals surface area contributed by atoms with Crippen LogP contribution in [0.5, 0.6) is 0 Å². The van der Waals surface area contributed by atoms with E-state index in [-0.39, 0.29) is 5.97 Å². The second-order valence-electron chi connectivity index (χ2n) is 7.82. The Morgan fingerprint density at radius 1 is 1.17 bits per heavy atom. The number of hydrogen-bond donors (Lipinski definition) is 2. The summed E-state index contributed by atoms with van der Waals surface area (Å²) < 4.78 is 5.76. The van der Waals surface area contributed by atoms with E-state index in [9.17, 15) is 9.59 Å². The van der Waals surface area contributed by atoms with Crippen LogP contribution >= 0.6 is 11.3 Å². The average molecular weight is 415 g/mol. The van der Waals surface area contributed by atoms with Crippen molar-refractivity contribution in [3.8, 4) is 0 Å². The average Bonchev–Trinajstić information content (AvgIpc) is 3.23. The predicted molar refractivity (Wildman–Crippen MR) is 111 cm³/mol. The topological polar surface area (TPSA) is 78.9 Å². The van der Waals surface area contributed by atoms with Crippen molar-refractivity contribution >= 4 is 23.3 Å². The van der Waals surface area contributed by atoms with Gasteiger partial charge in [0.2, 0.25) is 0 Å². The van der Waals surface area contributed by atoms with Crippen LogP contribution in [0.3, 0.4) is 0 Å². The first-order chi connectivity index (χ1) is 14.1. The minimum absolute atomic E-state index is 0.275. The molecular weight excluding hydrogens is 388 g/mol. The summed E-state index contributed by atoms with van der Waals surface area (Å²) in [6.45, 7) is 4.24. The van der Waals surface area contributed by atoms with Crippen LogP contribution < -0.4 is 5.32 Å². The Hall–Kier alpha value is -2.22. The smallest absolute Gasteiger partial charge is 0.345 e. The van der Waals surface area contributed by atoms with Crippen LogP contribution in [0.25, 0.3) is 0 Å². The number of hydrogen-bond acceptors (Lipinski definition) is 6. The minimum atomic E-state index is -0.933. The molecule has 2 aromatic rings. The van der Waals surface area contributed by atoms with E-state index < -0.39 is 12.0 Å². The van der Waals surface area contributed by atoms with Gasteiger partial charge < -0.3 is 14.7 Å². The summed E-state index contributed by atoms with van der Waals surface area (Å²) in [4.78, 5) is 27.6. The standard InChI is InChI=1S/C22H26N2O4S/c25-21(26)19-7-6-18(29-19)12-23-20(16-4-2-1-3-5-16)22(27)28-14-17-13-24-10-8-15(17)9-11-24/h1-7,15,17,20,23H,8-14H2,(H,25,26)/t17-,20?/m0/s1. The number of nitrogens with one attached hydrogen (secondary N) is 1. The van der Waals surface area contributed by atoms with Gasteiger partial charge in [-0.25, -0.2) is 9.59 Å². The van der Waals surface area contributed by atoms with Gasteiger partial charge in [-0.15, -0.1) is 11.3 Å². The van der Waals surface area contributed by atoms with E-state index in [2.05, 4.69) is 10.2 Å². The Balaban J connectivity index is 1.39. The van der Waals surface area contributed by atoms with E-state index in [1.807, 2.05) is 30.3 Å². The lowest BCUT2D eigenvalue weighted by atomic mass is 9.79. The van der Waals surface area contributed by atoms with E-state index in [1.54, 1.807) is 12.1 Å². The SMILES string of the molecule is O=C(O)c1ccc(CNC(C(=O)OC[C@@H]2CN3CCC2CC3)c2ccccc2)s1. The molecule has 5 rings (SSSR count). The van der Waals surface area contributed by atoms with Crippen LogP contribution in [0.4, 0.5) is 0 Å². The number of piperidine rings is 3. The number of rotatable bonds is 8. The maximum Gasteiger partial charge on any atom is 0.345 e. The van der Waals surface area contributed by atoms with Gasteiger partial charge in [-0.3, -0.25) is 5.32 Å². The molecule has 154 valence electrons. The summed E-state index contributed by atoms with van der Waals surface area (Å²) in [6, 6.07) is 12.3. The Morgan fingerprint density at radius 2 is 1.93 bits per heavy atom. The van der Waals surface area contributed by atoms with Crippen molar-refractivity contribution in [2.24, 2.45) is 11.8 Å². The fourth-order valence-corrected chi connectivity index (χ4v) is 5.12. The summed E-state index contributed by atoms with van der Waals surface area (Å²) in [5, 5.41) is 12.4. The Labute approximate surface area is 174 Å². The molecule has 3 fully saturated rings. The Kier molecular flexibility index (Phi) is 6.28. The third-order valence-corrected chi connectivity index (χ3v) is 7.03. The zero-order valence-corrected chi connectivity index (χ0v) is 17.1. The first-order valence-electron chi connectivity index (χ1n) is 10.1. The molecule has 0 spiro atoms. The summed E-state index contributed by atoms with van der Waals surface area (Å²) in [7, 11) is 0. The molecule has 0 amide bonds. The molecule has 0 saturated carbocycles. The highest BCUT2D eigenvalue weighted by Crippen LogP contribution is 2.32. The lowest BCUT2D eigenvalue weighted by Gasteiger charge is -2.44. The van der Waals surface area contributed by atoms with Crippen molar-refractivity contribution in [2.75, 3.05) is 26.2 Å². The van der Waals surface area contributed by atoms with E-state index in [4.69, 9.17) is 9.84 Å². The van der Waals surface area contributed by atoms with Crippen molar-refractivity contribution in [3.05, 3.63) is 57.8 Å². The molecular formula is C22H26N2O4S. The maximum absolute atomic E-state index is 12.9. The van der Waals surface area contributed by atoms with Crippen LogP contribution in [-0.4, -0.2) is 48.2 Å². The van der Waals surface area contributed by atoms with Crippen LogP contribution in [0.15, 0.2) is 42.5 Å². The Bertz CT molecular complexity index is 846. The molecule has 3 saturated heterocycles. The lowest BCUT2D eigenvalue weighted by Crippen LogP contribution is -2.49. The number of carbonyl (C=O) groups is 2. The van der Waals surface area contributed by atoms with Gasteiger partial charge >= 0.3 is 11.9 Å². The summed E-state index contributed by atoms with van der Waals surface area (Å²) in [6.07, 6.45) is 2.40. The molecule has 0 aliphatic carbocycles. The number of carboxylic acids is 1. The van der Waals surface area contributed by atoms with Crippen LogP contribution in [0.2, 0.25) is 0 Å². The van der Waals surface area contributed by atoms with Crippen molar-refractivity contribution in [1.29, 1.82) is 0 Å². The molecule has 1 unspecified atom stereocenters. The van der Waals surface area contributed by atoms with Crippen LogP contribution in [0, 0.1) is 11.8 Å². The van der Waals surface area contributed by atoms with Gasteiger partial charge in [0.25, 0.3) is 0 Å². The van der Waals surface area contributed by atoms with Gasteiger partial charge in [0.1, 0.15) is 10.9 Å². The number of fused-ring (bicyclic) bond motifs is 3. The molecule has 1 aromatic heterocycles. The summed E-state index contributed by atoms with van der Waals surface area (Å²) in [5.41, 5.74) is 0.849. The third kappa shape index (κ3) is 4.86. The van der Waals surface area contributed by atoms with Gasteiger partial charge in [0.15, 0.2) is 0 Å². The molecule has 2 N–H and O–H groups in total. The van der Waals surface area contributed by atoms with E-state index in [0.29, 0.717) is 29.9 Å². The number of benzene rings is 1. The number of nitrogens with zero attached hydrogens (tertiary/aromatic N) is 1. The molecule has 0 radical (unpaired) electrons. The fourth-order valence-electron chi connectivity index (χ4n) is 4.32. The summed E-state index contributed by atoms with van der Waals surface area (Å²) >= 11 is 1.21. The predicted octanol–water partition coefficient (Wildman–Crippen LogP) is 3.16. The fraction of sp³-hybridized carbons (Fsp3) is 0.455. The van der Waals surface area contributed by atoms with E-state index >= 15 is 0 Å². The number of carbonyl (C=O) groups excluding carboxylic acids is 1. The first kappa shape index (κ1) is 20.1. The highest BCUT2D eigenvalue weighted by atomic mass is 32.1. The second kappa shape index (κ2) is 9.07. The van der Waals surface area contributed by atoms with Gasteiger partial charge in [-0.2, -0.15) is 0 Å². The zero-order valence-electron chi connectivity index (χ0n) is 16.3. The third-order valence-electron chi connectivity index (χ3n) is 5.95. The first-order valence-corrected chi connectivity index (χ1v) is 10.9. The molecule has 3 aliphatic rings. The van der Waals surface area contributed by atoms with Gasteiger partial charge in [-0.1, -0.05) is 30.3 Å². The Morgan fingerprint density at radius 3 is 2.55 bits per heavy atom. The van der Waals surface area contributed by atoms with E-state index in [1.165, 1.54) is 37.3 Å². The number of ether oxygens (including phenoxy) is 1. The highest BCUT2D eigenvalue weighted by molar-refractivity contribution is 7.13. The quantitative estimate of drug-likeness (QED) is 0.646. The molecule has 2 bridgehead atoms. The maximum atomic E-state index is 12.9. The molecule has 4 heterocycles. The largest absolute Gasteiger partial charge is 0.477 e. The highest BCUT2D eigenvalue weighted by Gasteiger charge is 2.35. The minimum Gasteiger partial charge on any atom is -0.477 e. The summed E-state index contributed by atoms with van der Waals surface area (Å²) in [5.74, 6) is -0.120. The number of carboxylic acid groups (broad SMARTS) is 1. The molecule has 29 heavy (non-hydrogen) atoms. The van der Waals surface area contributed by atoms with Crippen molar-refractivity contribution in [2.45, 2.75) is 25.4 Å². The lowest BCUT2D eigenvalue weighted by molar-refractivity contribution is -0.150. The van der Waals surface area contributed by atoms with Crippen molar-refractivity contribution in [3.63, 3.8) is 0 Å². The van der Waals surface area contributed by atoms with E-state index in [0.717, 1.165) is 17.0 Å². The number of aromatic carboxylic acids is 1. The van der Waals surface area contributed by atoms with Crippen LogP contribution in [0.1, 0.15) is 39.0 Å². The molecule has 6 nitrogen and oxygen atoms in total. The second-order valence-corrected chi connectivity index (χ2v) is 8.99. The molecule has 2 atom stereocenters. The monoisotopic (exact) mass is 414 g/mol. The molecule has 1 aromatic carbocycles. The van der Waals surface area contributed by atoms with Gasteiger partial charge in [0, 0.05) is 23.9 Å². The number of thiophene rings is 1. The van der Waals surface area contributed by atoms with Crippen molar-refractivity contribution in [1.82, 2.24) is 10.2 Å².